The largest absolute Gasteiger partial charge is 0.337 e. The zero-order chi connectivity index (χ0) is 12.1. The molecule has 0 bridgehead atoms. The minimum absolute atomic E-state index is 0.0828. The van der Waals surface area contributed by atoms with Crippen molar-refractivity contribution in [2.24, 2.45) is 5.92 Å². The van der Waals surface area contributed by atoms with Gasteiger partial charge in [0.15, 0.2) is 0 Å². The van der Waals surface area contributed by atoms with E-state index in [9.17, 15) is 4.79 Å². The summed E-state index contributed by atoms with van der Waals surface area (Å²) in [6, 6.07) is 7.57. The molecule has 1 aromatic carbocycles. The summed E-state index contributed by atoms with van der Waals surface area (Å²) in [5.74, 6) is 0.455. The predicted octanol–water partition coefficient (Wildman–Crippen LogP) is 3.25. The Balaban J connectivity index is 2.67. The number of rotatable bonds is 3. The van der Waals surface area contributed by atoms with E-state index in [4.69, 9.17) is 0 Å². The molecule has 0 atom stereocenters. The fourth-order valence-electron chi connectivity index (χ4n) is 1.24. The van der Waals surface area contributed by atoms with Gasteiger partial charge in [0.05, 0.1) is 5.69 Å². The van der Waals surface area contributed by atoms with Gasteiger partial charge in [0, 0.05) is 18.1 Å². The van der Waals surface area contributed by atoms with E-state index in [0.717, 1.165) is 10.2 Å². The molecule has 0 saturated heterocycles. The molecule has 0 fully saturated rings. The van der Waals surface area contributed by atoms with Gasteiger partial charge in [-0.15, -0.1) is 0 Å². The van der Waals surface area contributed by atoms with Gasteiger partial charge in [-0.05, 0) is 34.0 Å². The molecule has 0 heterocycles. The second-order valence-electron chi connectivity index (χ2n) is 4.09. The number of hydrogen-bond acceptors (Lipinski definition) is 1. The van der Waals surface area contributed by atoms with Crippen molar-refractivity contribution in [2.45, 2.75) is 13.8 Å². The highest BCUT2D eigenvalue weighted by Gasteiger charge is 2.12. The first-order valence-corrected chi connectivity index (χ1v) is 6.07. The lowest BCUT2D eigenvalue weighted by atomic mass is 10.2. The molecule has 0 radical (unpaired) electrons. The second-order valence-corrected chi connectivity index (χ2v) is 4.94. The van der Waals surface area contributed by atoms with Crippen LogP contribution in [0.1, 0.15) is 13.8 Å². The molecule has 3 nitrogen and oxygen atoms in total. The van der Waals surface area contributed by atoms with Crippen molar-refractivity contribution in [3.63, 3.8) is 0 Å². The van der Waals surface area contributed by atoms with Crippen LogP contribution >= 0.6 is 15.9 Å². The number of carbonyl (C=O) groups excluding carboxylic acids is 1. The Hall–Kier alpha value is -1.03. The van der Waals surface area contributed by atoms with Crippen LogP contribution in [0.5, 0.6) is 0 Å². The third-order valence-electron chi connectivity index (χ3n) is 2.18. The van der Waals surface area contributed by atoms with Gasteiger partial charge in [-0.3, -0.25) is 4.90 Å². The molecule has 0 aliphatic carbocycles. The van der Waals surface area contributed by atoms with Crippen molar-refractivity contribution in [2.75, 3.05) is 18.5 Å². The fraction of sp³-hybridized carbons (Fsp3) is 0.417. The fourth-order valence-corrected chi connectivity index (χ4v) is 1.79. The van der Waals surface area contributed by atoms with E-state index < -0.39 is 0 Å². The standard InChI is InChI=1S/C12H17BrN2O/c1-9(2)8-14-12(16)15(3)11-7-5-4-6-10(11)13/h4-7,9H,8H2,1-3H3,(H,14,16). The Labute approximate surface area is 105 Å². The van der Waals surface area contributed by atoms with E-state index in [0.29, 0.717) is 12.5 Å². The van der Waals surface area contributed by atoms with Gasteiger partial charge >= 0.3 is 6.03 Å². The van der Waals surface area contributed by atoms with Crippen LogP contribution in [0, 0.1) is 5.92 Å². The normalized spacial score (nSPS) is 10.3. The average Bonchev–Trinajstić information content (AvgIpc) is 2.25. The number of para-hydroxylation sites is 1. The average molecular weight is 285 g/mol. The Bertz CT molecular complexity index is 366. The summed E-state index contributed by atoms with van der Waals surface area (Å²) in [6.07, 6.45) is 0. The lowest BCUT2D eigenvalue weighted by Gasteiger charge is -2.20. The number of hydrogen-bond donors (Lipinski definition) is 1. The molecule has 0 spiro atoms. The SMILES string of the molecule is CC(C)CNC(=O)N(C)c1ccccc1Br. The van der Waals surface area contributed by atoms with Crippen LogP contribution in [0.3, 0.4) is 0 Å². The molecule has 1 aromatic rings. The van der Waals surface area contributed by atoms with Crippen molar-refractivity contribution >= 4 is 27.6 Å². The number of anilines is 1. The highest BCUT2D eigenvalue weighted by molar-refractivity contribution is 9.10. The highest BCUT2D eigenvalue weighted by atomic mass is 79.9. The highest BCUT2D eigenvalue weighted by Crippen LogP contribution is 2.24. The van der Waals surface area contributed by atoms with E-state index in [-0.39, 0.29) is 6.03 Å². The number of amides is 2. The van der Waals surface area contributed by atoms with Crippen molar-refractivity contribution in [3.05, 3.63) is 28.7 Å². The van der Waals surface area contributed by atoms with Gasteiger partial charge in [-0.1, -0.05) is 26.0 Å². The van der Waals surface area contributed by atoms with Crippen LogP contribution in [-0.4, -0.2) is 19.6 Å². The number of halogens is 1. The maximum Gasteiger partial charge on any atom is 0.321 e. The maximum absolute atomic E-state index is 11.8. The summed E-state index contributed by atoms with van der Waals surface area (Å²) in [7, 11) is 1.76. The van der Waals surface area contributed by atoms with E-state index in [1.165, 1.54) is 0 Å². The Morgan fingerprint density at radius 1 is 1.44 bits per heavy atom. The first-order valence-electron chi connectivity index (χ1n) is 5.28. The van der Waals surface area contributed by atoms with Crippen LogP contribution in [0.25, 0.3) is 0 Å². The molecule has 16 heavy (non-hydrogen) atoms. The predicted molar refractivity (Wildman–Crippen MR) is 70.8 cm³/mol. The molecule has 0 aliphatic heterocycles. The summed E-state index contributed by atoms with van der Waals surface area (Å²) in [6.45, 7) is 4.82. The van der Waals surface area contributed by atoms with Gasteiger partial charge in [0.2, 0.25) is 0 Å². The Kier molecular flexibility index (Phi) is 4.80. The molecule has 88 valence electrons. The van der Waals surface area contributed by atoms with Crippen molar-refractivity contribution < 1.29 is 4.79 Å². The summed E-state index contributed by atoms with van der Waals surface area (Å²) in [5, 5.41) is 2.87. The lowest BCUT2D eigenvalue weighted by molar-refractivity contribution is 0.246. The number of nitrogens with zero attached hydrogens (tertiary/aromatic N) is 1. The zero-order valence-corrected chi connectivity index (χ0v) is 11.4. The molecule has 4 heteroatoms. The molecular formula is C12H17BrN2O. The monoisotopic (exact) mass is 284 g/mol. The molecule has 1 N–H and O–H groups in total. The molecule has 0 saturated carbocycles. The van der Waals surface area contributed by atoms with Gasteiger partial charge < -0.3 is 5.32 Å². The van der Waals surface area contributed by atoms with Crippen LogP contribution in [-0.2, 0) is 0 Å². The molecule has 0 aliphatic rings. The summed E-state index contributed by atoms with van der Waals surface area (Å²) in [4.78, 5) is 13.4. The first-order chi connectivity index (χ1) is 7.52. The molecule has 0 aromatic heterocycles. The summed E-state index contributed by atoms with van der Waals surface area (Å²) >= 11 is 3.42. The van der Waals surface area contributed by atoms with Crippen molar-refractivity contribution in [3.8, 4) is 0 Å². The zero-order valence-electron chi connectivity index (χ0n) is 9.83. The number of benzene rings is 1. The van der Waals surface area contributed by atoms with E-state index in [1.807, 2.05) is 24.3 Å². The third kappa shape index (κ3) is 3.52. The van der Waals surface area contributed by atoms with Gasteiger partial charge in [-0.25, -0.2) is 4.79 Å². The van der Waals surface area contributed by atoms with E-state index in [2.05, 4.69) is 35.1 Å². The smallest absolute Gasteiger partial charge is 0.321 e. The van der Waals surface area contributed by atoms with Crippen LogP contribution in [0.4, 0.5) is 10.5 Å². The maximum atomic E-state index is 11.8. The molecular weight excluding hydrogens is 268 g/mol. The number of nitrogens with one attached hydrogen (secondary N) is 1. The van der Waals surface area contributed by atoms with E-state index in [1.54, 1.807) is 11.9 Å². The molecule has 0 unspecified atom stereocenters. The Morgan fingerprint density at radius 2 is 2.06 bits per heavy atom. The number of carbonyl (C=O) groups is 1. The second kappa shape index (κ2) is 5.89. The van der Waals surface area contributed by atoms with Crippen LogP contribution in [0.2, 0.25) is 0 Å². The molecule has 1 rings (SSSR count). The third-order valence-corrected chi connectivity index (χ3v) is 2.85. The summed E-state index contributed by atoms with van der Waals surface area (Å²) in [5.41, 5.74) is 0.865. The lowest BCUT2D eigenvalue weighted by Crippen LogP contribution is -2.39. The molecule has 2 amide bonds. The number of urea groups is 1. The van der Waals surface area contributed by atoms with Gasteiger partial charge in [0.1, 0.15) is 0 Å². The van der Waals surface area contributed by atoms with Crippen LogP contribution in [0.15, 0.2) is 28.7 Å². The van der Waals surface area contributed by atoms with E-state index >= 15 is 0 Å². The van der Waals surface area contributed by atoms with Gasteiger partial charge in [-0.2, -0.15) is 0 Å². The van der Waals surface area contributed by atoms with Gasteiger partial charge in [0.25, 0.3) is 0 Å². The van der Waals surface area contributed by atoms with Crippen molar-refractivity contribution in [1.29, 1.82) is 0 Å². The summed E-state index contributed by atoms with van der Waals surface area (Å²) < 4.78 is 0.914. The van der Waals surface area contributed by atoms with Crippen LogP contribution < -0.4 is 10.2 Å². The Morgan fingerprint density at radius 3 is 2.62 bits per heavy atom. The minimum atomic E-state index is -0.0828. The first kappa shape index (κ1) is 13.0. The minimum Gasteiger partial charge on any atom is -0.337 e. The topological polar surface area (TPSA) is 32.3 Å². The quantitative estimate of drug-likeness (QED) is 0.908. The van der Waals surface area contributed by atoms with Crippen molar-refractivity contribution in [1.82, 2.24) is 5.32 Å².